The van der Waals surface area contributed by atoms with Crippen LogP contribution in [0.2, 0.25) is 0 Å². The van der Waals surface area contributed by atoms with Crippen molar-refractivity contribution in [3.05, 3.63) is 169 Å². The van der Waals surface area contributed by atoms with Gasteiger partial charge in [-0.15, -0.1) is 0 Å². The zero-order valence-electron chi connectivity index (χ0n) is 31.3. The Hall–Kier alpha value is -7.18. The van der Waals surface area contributed by atoms with Gasteiger partial charge in [0.05, 0.1) is 50.5 Å². The number of hydrogen-bond acceptors (Lipinski definition) is 4. The number of nitrogens with zero attached hydrogens (tertiary/aromatic N) is 6. The van der Waals surface area contributed by atoms with E-state index < -0.39 is 0 Å². The van der Waals surface area contributed by atoms with Crippen molar-refractivity contribution in [3.8, 4) is 34.0 Å². The summed E-state index contributed by atoms with van der Waals surface area (Å²) in [6, 6.07) is 44.8. The second-order valence-corrected chi connectivity index (χ2v) is 15.1. The van der Waals surface area contributed by atoms with Gasteiger partial charge in [-0.25, -0.2) is 15.0 Å². The van der Waals surface area contributed by atoms with Crippen LogP contribution >= 0.6 is 0 Å². The molecule has 266 valence electrons. The van der Waals surface area contributed by atoms with Crippen LogP contribution in [0.1, 0.15) is 43.2 Å². The minimum absolute atomic E-state index is 0.169. The maximum absolute atomic E-state index is 5.53. The smallest absolute Gasteiger partial charge is 0.165 e. The van der Waals surface area contributed by atoms with Crippen LogP contribution in [-0.4, -0.2) is 29.1 Å². The van der Waals surface area contributed by atoms with Crippen LogP contribution in [0, 0.1) is 0 Å². The molecule has 6 nitrogen and oxygen atoms in total. The molecule has 0 amide bonds. The monoisotopic (exact) mass is 720 g/mol. The van der Waals surface area contributed by atoms with Crippen molar-refractivity contribution in [2.75, 3.05) is 0 Å². The molecule has 0 bridgehead atoms. The fourth-order valence-electron chi connectivity index (χ4n) is 9.11. The molecule has 4 heterocycles. The highest BCUT2D eigenvalue weighted by molar-refractivity contribution is 6.20. The lowest BCUT2D eigenvalue weighted by atomic mass is 9.82. The highest BCUT2D eigenvalue weighted by atomic mass is 15.1. The zero-order chi connectivity index (χ0) is 37.7. The minimum atomic E-state index is -0.169. The molecule has 0 radical (unpaired) electrons. The van der Waals surface area contributed by atoms with E-state index in [0.29, 0.717) is 5.82 Å². The normalized spacial score (nSPS) is 13.4. The predicted molar refractivity (Wildman–Crippen MR) is 232 cm³/mol. The van der Waals surface area contributed by atoms with Crippen LogP contribution in [0.4, 0.5) is 0 Å². The molecule has 0 spiro atoms. The number of aromatic nitrogens is 6. The van der Waals surface area contributed by atoms with Crippen molar-refractivity contribution in [1.29, 1.82) is 0 Å². The molecular weight excluding hydrogens is 685 g/mol. The molecule has 1 aliphatic rings. The summed E-state index contributed by atoms with van der Waals surface area (Å²) < 4.78 is 4.55. The Morgan fingerprint density at radius 3 is 2.07 bits per heavy atom. The van der Waals surface area contributed by atoms with Crippen molar-refractivity contribution in [3.63, 3.8) is 0 Å². The molecule has 0 unspecified atom stereocenters. The number of fused-ring (bicyclic) bond motifs is 10. The minimum Gasteiger partial charge on any atom is -0.290 e. The Labute approximate surface area is 323 Å². The predicted octanol–water partition coefficient (Wildman–Crippen LogP) is 12.3. The van der Waals surface area contributed by atoms with Crippen molar-refractivity contribution >= 4 is 66.9 Å². The van der Waals surface area contributed by atoms with Crippen molar-refractivity contribution in [2.45, 2.75) is 26.2 Å². The van der Waals surface area contributed by atoms with Gasteiger partial charge in [0, 0.05) is 32.7 Å². The number of hydrogen-bond donors (Lipinski definition) is 0. The summed E-state index contributed by atoms with van der Waals surface area (Å²) in [4.78, 5) is 21.1. The summed E-state index contributed by atoms with van der Waals surface area (Å²) in [5, 5.41) is 3.31. The average Bonchev–Trinajstić information content (AvgIpc) is 3.83. The molecule has 0 atom stereocenters. The van der Waals surface area contributed by atoms with Crippen LogP contribution in [0.5, 0.6) is 0 Å². The first-order valence-corrected chi connectivity index (χ1v) is 19.1. The fraction of sp³-hybridized carbons (Fsp3) is 0.0800. The Morgan fingerprint density at radius 1 is 0.607 bits per heavy atom. The van der Waals surface area contributed by atoms with Gasteiger partial charge >= 0.3 is 0 Å². The third-order valence-corrected chi connectivity index (χ3v) is 11.7. The van der Waals surface area contributed by atoms with Crippen LogP contribution in [0.15, 0.2) is 146 Å². The molecule has 0 N–H and O–H groups in total. The van der Waals surface area contributed by atoms with Gasteiger partial charge in [-0.05, 0) is 71.7 Å². The van der Waals surface area contributed by atoms with Crippen LogP contribution < -0.4 is 0 Å². The summed E-state index contributed by atoms with van der Waals surface area (Å²) in [7, 11) is 0. The van der Waals surface area contributed by atoms with E-state index in [1.807, 2.05) is 48.7 Å². The van der Waals surface area contributed by atoms with Crippen molar-refractivity contribution < 1.29 is 0 Å². The van der Waals surface area contributed by atoms with Gasteiger partial charge in [0.15, 0.2) is 11.6 Å². The molecular formula is C50H36N6. The molecule has 6 heteroatoms. The second kappa shape index (κ2) is 11.9. The lowest BCUT2D eigenvalue weighted by Crippen LogP contribution is -2.15. The topological polar surface area (TPSA) is 61.4 Å². The van der Waals surface area contributed by atoms with E-state index in [2.05, 4.69) is 140 Å². The summed E-state index contributed by atoms with van der Waals surface area (Å²) in [6.45, 7) is 11.0. The van der Waals surface area contributed by atoms with E-state index in [4.69, 9.17) is 19.9 Å². The van der Waals surface area contributed by atoms with Crippen molar-refractivity contribution in [1.82, 2.24) is 29.1 Å². The standard InChI is InChI=1S/C50H36N6/c1-5-15-33-35-26-27-36-34-17-8-14-23-44(34)56(48(36)47(35)55(43(33)6-2)45-29-51-39-19-10-11-20-40(39)52-45)49-46(53-41-21-12-13-22-42(41)54-49)30-24-25-32-31-16-7-9-18-37(31)50(3,4)38(32)28-30/h5-29H,2H2,1,3-4H3/b15-5-. The van der Waals surface area contributed by atoms with Crippen LogP contribution in [0.3, 0.4) is 0 Å². The van der Waals surface area contributed by atoms with Gasteiger partial charge in [0.2, 0.25) is 0 Å². The third-order valence-electron chi connectivity index (χ3n) is 11.7. The maximum Gasteiger partial charge on any atom is 0.165 e. The number of rotatable bonds is 5. The molecule has 6 aromatic carbocycles. The molecule has 0 saturated heterocycles. The van der Waals surface area contributed by atoms with Crippen LogP contribution in [-0.2, 0) is 5.41 Å². The Balaban J connectivity index is 1.29. The number of para-hydroxylation sites is 5. The summed E-state index contributed by atoms with van der Waals surface area (Å²) in [5.74, 6) is 1.48. The Kier molecular flexibility index (Phi) is 6.86. The SMILES string of the molecule is C=Cc1c(/C=C\C)c2ccc3c4ccccc4n(-c4nc5ccccc5nc4-c4ccc5c(c4)C(C)(C)c4ccccc4-5)c3c2n1-c1cnc2ccccc2n1. The summed E-state index contributed by atoms with van der Waals surface area (Å²) >= 11 is 0. The Bertz CT molecular complexity index is 3320. The molecule has 1 aliphatic carbocycles. The van der Waals surface area contributed by atoms with E-state index in [-0.39, 0.29) is 5.41 Å². The highest BCUT2D eigenvalue weighted by Gasteiger charge is 2.36. The van der Waals surface area contributed by atoms with Gasteiger partial charge < -0.3 is 0 Å². The van der Waals surface area contributed by atoms with E-state index >= 15 is 0 Å². The first-order chi connectivity index (χ1) is 27.5. The average molecular weight is 721 g/mol. The largest absolute Gasteiger partial charge is 0.290 e. The lowest BCUT2D eigenvalue weighted by Gasteiger charge is -2.22. The first kappa shape index (κ1) is 32.3. The molecule has 0 fully saturated rings. The zero-order valence-corrected chi connectivity index (χ0v) is 31.3. The van der Waals surface area contributed by atoms with Gasteiger partial charge in [0.25, 0.3) is 0 Å². The summed E-state index contributed by atoms with van der Waals surface area (Å²) in [5.41, 5.74) is 15.3. The highest BCUT2D eigenvalue weighted by Crippen LogP contribution is 2.50. The molecule has 4 aromatic heterocycles. The molecule has 0 saturated carbocycles. The molecule has 10 aromatic rings. The summed E-state index contributed by atoms with van der Waals surface area (Å²) in [6.07, 6.45) is 8.04. The van der Waals surface area contributed by atoms with E-state index in [1.54, 1.807) is 0 Å². The number of benzene rings is 6. The van der Waals surface area contributed by atoms with E-state index in [1.165, 1.54) is 22.3 Å². The van der Waals surface area contributed by atoms with Crippen molar-refractivity contribution in [2.24, 2.45) is 0 Å². The molecule has 56 heavy (non-hydrogen) atoms. The fourth-order valence-corrected chi connectivity index (χ4v) is 9.11. The second-order valence-electron chi connectivity index (χ2n) is 15.1. The first-order valence-electron chi connectivity index (χ1n) is 19.1. The lowest BCUT2D eigenvalue weighted by molar-refractivity contribution is 0.660. The van der Waals surface area contributed by atoms with Gasteiger partial charge in [-0.2, -0.15) is 0 Å². The van der Waals surface area contributed by atoms with Crippen LogP contribution in [0.25, 0.3) is 101 Å². The van der Waals surface area contributed by atoms with Gasteiger partial charge in [-0.1, -0.05) is 124 Å². The molecule has 11 rings (SSSR count). The van der Waals surface area contributed by atoms with Gasteiger partial charge in [-0.3, -0.25) is 14.1 Å². The van der Waals surface area contributed by atoms with Gasteiger partial charge in [0.1, 0.15) is 5.69 Å². The molecule has 0 aliphatic heterocycles. The van der Waals surface area contributed by atoms with E-state index in [0.717, 1.165) is 83.1 Å². The van der Waals surface area contributed by atoms with E-state index in [9.17, 15) is 0 Å². The Morgan fingerprint density at radius 2 is 1.27 bits per heavy atom. The number of allylic oxidation sites excluding steroid dienone is 1. The quantitative estimate of drug-likeness (QED) is 0.178. The third kappa shape index (κ3) is 4.44. The maximum atomic E-state index is 5.53.